The maximum Gasteiger partial charge on any atom is 0.222 e. The van der Waals surface area contributed by atoms with E-state index in [9.17, 15) is 0 Å². The Morgan fingerprint density at radius 3 is 2.61 bits per heavy atom. The Hall–Kier alpha value is -1.32. The second-order valence-electron chi connectivity index (χ2n) is 4.87. The molecule has 4 heteroatoms. The van der Waals surface area contributed by atoms with Gasteiger partial charge in [0, 0.05) is 13.0 Å². The standard InChI is InChI=1S/C14H23N3O/c1-4-7-12-16-13(15-5-2)10(3)14(17-12)18-11-8-6-9-11/h11H,4-9H2,1-3H3,(H,15,16,17). The molecule has 0 bridgehead atoms. The normalized spacial score (nSPS) is 15.3. The number of aromatic nitrogens is 2. The summed E-state index contributed by atoms with van der Waals surface area (Å²) < 4.78 is 5.96. The SMILES string of the molecule is CCCc1nc(NCC)c(C)c(OC2CCC2)n1. The molecular formula is C14H23N3O. The van der Waals surface area contributed by atoms with Crippen LogP contribution in [0.15, 0.2) is 0 Å². The Bertz CT molecular complexity index is 402. The van der Waals surface area contributed by atoms with Crippen LogP contribution < -0.4 is 10.1 Å². The van der Waals surface area contributed by atoms with E-state index in [1.54, 1.807) is 0 Å². The predicted molar refractivity (Wildman–Crippen MR) is 73.2 cm³/mol. The van der Waals surface area contributed by atoms with Crippen LogP contribution >= 0.6 is 0 Å². The van der Waals surface area contributed by atoms with Crippen LogP contribution in [-0.2, 0) is 6.42 Å². The minimum Gasteiger partial charge on any atom is -0.474 e. The van der Waals surface area contributed by atoms with Gasteiger partial charge >= 0.3 is 0 Å². The van der Waals surface area contributed by atoms with Crippen molar-refractivity contribution in [2.24, 2.45) is 0 Å². The lowest BCUT2D eigenvalue weighted by Crippen LogP contribution is -2.26. The number of nitrogens with zero attached hydrogens (tertiary/aromatic N) is 2. The Kier molecular flexibility index (Phi) is 4.39. The van der Waals surface area contributed by atoms with Gasteiger partial charge < -0.3 is 10.1 Å². The van der Waals surface area contributed by atoms with Crippen LogP contribution in [0.2, 0.25) is 0 Å². The second-order valence-corrected chi connectivity index (χ2v) is 4.87. The number of aryl methyl sites for hydroxylation is 1. The molecule has 2 rings (SSSR count). The summed E-state index contributed by atoms with van der Waals surface area (Å²) in [5, 5.41) is 3.29. The maximum absolute atomic E-state index is 5.96. The van der Waals surface area contributed by atoms with E-state index in [1.807, 2.05) is 6.92 Å². The van der Waals surface area contributed by atoms with E-state index in [4.69, 9.17) is 4.74 Å². The molecule has 0 unspecified atom stereocenters. The zero-order valence-electron chi connectivity index (χ0n) is 11.6. The van der Waals surface area contributed by atoms with Crippen molar-refractivity contribution in [2.45, 2.75) is 59.0 Å². The molecule has 0 aliphatic heterocycles. The molecule has 1 aliphatic carbocycles. The third-order valence-electron chi connectivity index (χ3n) is 3.30. The van der Waals surface area contributed by atoms with Gasteiger partial charge in [0.15, 0.2) is 0 Å². The van der Waals surface area contributed by atoms with Crippen molar-refractivity contribution >= 4 is 5.82 Å². The molecule has 100 valence electrons. The van der Waals surface area contributed by atoms with Crippen LogP contribution in [0.3, 0.4) is 0 Å². The first-order valence-electron chi connectivity index (χ1n) is 7.02. The molecule has 1 aliphatic rings. The van der Waals surface area contributed by atoms with Gasteiger partial charge in [-0.15, -0.1) is 0 Å². The maximum atomic E-state index is 5.96. The van der Waals surface area contributed by atoms with E-state index >= 15 is 0 Å². The summed E-state index contributed by atoms with van der Waals surface area (Å²) in [6, 6.07) is 0. The van der Waals surface area contributed by atoms with Gasteiger partial charge in [-0.2, -0.15) is 4.98 Å². The molecule has 1 aromatic heterocycles. The van der Waals surface area contributed by atoms with Crippen LogP contribution in [0.25, 0.3) is 0 Å². The average molecular weight is 249 g/mol. The fourth-order valence-corrected chi connectivity index (χ4v) is 1.98. The van der Waals surface area contributed by atoms with Gasteiger partial charge in [-0.1, -0.05) is 6.92 Å². The summed E-state index contributed by atoms with van der Waals surface area (Å²) in [6.07, 6.45) is 5.91. The molecule has 1 N–H and O–H groups in total. The van der Waals surface area contributed by atoms with Crippen molar-refractivity contribution in [2.75, 3.05) is 11.9 Å². The topological polar surface area (TPSA) is 47.0 Å². The minimum atomic E-state index is 0.363. The fourth-order valence-electron chi connectivity index (χ4n) is 1.98. The van der Waals surface area contributed by atoms with Crippen molar-refractivity contribution in [3.05, 3.63) is 11.4 Å². The highest BCUT2D eigenvalue weighted by atomic mass is 16.5. The third-order valence-corrected chi connectivity index (χ3v) is 3.30. The molecule has 0 amide bonds. The summed E-state index contributed by atoms with van der Waals surface area (Å²) in [4.78, 5) is 9.11. The molecule has 0 spiro atoms. The van der Waals surface area contributed by atoms with Crippen LogP contribution in [0.1, 0.15) is 50.9 Å². The van der Waals surface area contributed by atoms with Gasteiger partial charge in [-0.25, -0.2) is 4.98 Å². The number of anilines is 1. The second kappa shape index (κ2) is 6.03. The first kappa shape index (κ1) is 13.1. The summed E-state index contributed by atoms with van der Waals surface area (Å²) in [5.74, 6) is 2.58. The van der Waals surface area contributed by atoms with E-state index < -0.39 is 0 Å². The van der Waals surface area contributed by atoms with Gasteiger partial charge in [0.05, 0.1) is 5.56 Å². The zero-order chi connectivity index (χ0) is 13.0. The highest BCUT2D eigenvalue weighted by molar-refractivity contribution is 5.48. The number of hydrogen-bond acceptors (Lipinski definition) is 4. The lowest BCUT2D eigenvalue weighted by Gasteiger charge is -2.27. The molecule has 18 heavy (non-hydrogen) atoms. The first-order chi connectivity index (χ1) is 8.74. The molecule has 0 saturated heterocycles. The lowest BCUT2D eigenvalue weighted by atomic mass is 9.96. The van der Waals surface area contributed by atoms with E-state index in [2.05, 4.69) is 29.1 Å². The summed E-state index contributed by atoms with van der Waals surface area (Å²) in [5.41, 5.74) is 1.03. The summed E-state index contributed by atoms with van der Waals surface area (Å²) in [6.45, 7) is 7.12. The van der Waals surface area contributed by atoms with E-state index in [0.717, 1.165) is 55.3 Å². The molecule has 0 aromatic carbocycles. The van der Waals surface area contributed by atoms with E-state index in [0.29, 0.717) is 6.10 Å². The predicted octanol–water partition coefficient (Wildman–Crippen LogP) is 3.10. The fraction of sp³-hybridized carbons (Fsp3) is 0.714. The van der Waals surface area contributed by atoms with E-state index in [-0.39, 0.29) is 0 Å². The molecule has 1 aromatic rings. The summed E-state index contributed by atoms with van der Waals surface area (Å²) >= 11 is 0. The monoisotopic (exact) mass is 249 g/mol. The average Bonchev–Trinajstić information content (AvgIpc) is 2.29. The molecular weight excluding hydrogens is 226 g/mol. The molecule has 0 radical (unpaired) electrons. The largest absolute Gasteiger partial charge is 0.474 e. The minimum absolute atomic E-state index is 0.363. The van der Waals surface area contributed by atoms with Crippen molar-refractivity contribution in [3.63, 3.8) is 0 Å². The Morgan fingerprint density at radius 1 is 1.28 bits per heavy atom. The van der Waals surface area contributed by atoms with Gasteiger partial charge in [-0.05, 0) is 39.5 Å². The molecule has 1 saturated carbocycles. The van der Waals surface area contributed by atoms with Crippen LogP contribution in [0.5, 0.6) is 5.88 Å². The van der Waals surface area contributed by atoms with Crippen molar-refractivity contribution in [3.8, 4) is 5.88 Å². The Labute approximate surface area is 109 Å². The van der Waals surface area contributed by atoms with Crippen molar-refractivity contribution in [1.29, 1.82) is 0 Å². The first-order valence-corrected chi connectivity index (χ1v) is 7.02. The molecule has 4 nitrogen and oxygen atoms in total. The van der Waals surface area contributed by atoms with Crippen molar-refractivity contribution in [1.82, 2.24) is 9.97 Å². The van der Waals surface area contributed by atoms with Gasteiger partial charge in [0.2, 0.25) is 5.88 Å². The molecule has 1 heterocycles. The summed E-state index contributed by atoms with van der Waals surface area (Å²) in [7, 11) is 0. The van der Waals surface area contributed by atoms with Crippen LogP contribution in [0, 0.1) is 6.92 Å². The highest BCUT2D eigenvalue weighted by Gasteiger charge is 2.22. The highest BCUT2D eigenvalue weighted by Crippen LogP contribution is 2.28. The van der Waals surface area contributed by atoms with Gasteiger partial charge in [0.1, 0.15) is 17.7 Å². The molecule has 1 fully saturated rings. The van der Waals surface area contributed by atoms with Crippen molar-refractivity contribution < 1.29 is 4.74 Å². The number of ether oxygens (including phenoxy) is 1. The quantitative estimate of drug-likeness (QED) is 0.841. The van der Waals surface area contributed by atoms with E-state index in [1.165, 1.54) is 6.42 Å². The van der Waals surface area contributed by atoms with Gasteiger partial charge in [-0.3, -0.25) is 0 Å². The Morgan fingerprint density at radius 2 is 2.06 bits per heavy atom. The van der Waals surface area contributed by atoms with Gasteiger partial charge in [0.25, 0.3) is 0 Å². The molecule has 0 atom stereocenters. The third kappa shape index (κ3) is 2.92. The number of hydrogen-bond donors (Lipinski definition) is 1. The lowest BCUT2D eigenvalue weighted by molar-refractivity contribution is 0.113. The van der Waals surface area contributed by atoms with Crippen LogP contribution in [-0.4, -0.2) is 22.6 Å². The zero-order valence-corrected chi connectivity index (χ0v) is 11.6. The van der Waals surface area contributed by atoms with Crippen LogP contribution in [0.4, 0.5) is 5.82 Å². The number of rotatable bonds is 6. The smallest absolute Gasteiger partial charge is 0.222 e. The number of nitrogens with one attached hydrogen (secondary N) is 1. The Balaban J connectivity index is 2.23.